The van der Waals surface area contributed by atoms with Crippen molar-refractivity contribution in [2.45, 2.75) is 15.5 Å². The van der Waals surface area contributed by atoms with Crippen LogP contribution in [0.3, 0.4) is 0 Å². The van der Waals surface area contributed by atoms with E-state index in [1.165, 1.54) is 38.4 Å². The van der Waals surface area contributed by atoms with Crippen molar-refractivity contribution in [1.29, 1.82) is 0 Å². The Balaban J connectivity index is 2.35. The van der Waals surface area contributed by atoms with Crippen LogP contribution in [0, 0.1) is 0 Å². The van der Waals surface area contributed by atoms with Crippen LogP contribution in [-0.4, -0.2) is 38.5 Å². The average Bonchev–Trinajstić information content (AvgIpc) is 2.56. The molecule has 1 amide bonds. The molecular formula is C16H15ClF2N2O3S2. The molecule has 26 heavy (non-hydrogen) atoms. The molecule has 0 atom stereocenters. The third-order valence-electron chi connectivity index (χ3n) is 3.30. The highest BCUT2D eigenvalue weighted by atomic mass is 35.5. The van der Waals surface area contributed by atoms with Gasteiger partial charge in [0, 0.05) is 24.6 Å². The normalized spacial score (nSPS) is 11.8. The smallest absolute Gasteiger partial charge is 0.288 e. The fourth-order valence-corrected chi connectivity index (χ4v) is 3.99. The maximum atomic E-state index is 12.6. The van der Waals surface area contributed by atoms with E-state index in [-0.39, 0.29) is 26.1 Å². The molecule has 0 aliphatic heterocycles. The minimum absolute atomic E-state index is 0.0242. The number of alkyl halides is 2. The monoisotopic (exact) mass is 420 g/mol. The van der Waals surface area contributed by atoms with Gasteiger partial charge in [0.15, 0.2) is 0 Å². The Kier molecular flexibility index (Phi) is 6.62. The number of anilines is 1. The lowest BCUT2D eigenvalue weighted by Gasteiger charge is -2.14. The second-order valence-corrected chi connectivity index (χ2v) is 8.82. The van der Waals surface area contributed by atoms with Crippen LogP contribution in [0.1, 0.15) is 10.4 Å². The molecule has 0 fully saturated rings. The molecule has 0 aliphatic carbocycles. The molecule has 0 unspecified atom stereocenters. The van der Waals surface area contributed by atoms with Gasteiger partial charge in [0.2, 0.25) is 10.0 Å². The van der Waals surface area contributed by atoms with E-state index in [0.717, 1.165) is 10.4 Å². The van der Waals surface area contributed by atoms with Crippen molar-refractivity contribution in [1.82, 2.24) is 4.31 Å². The number of sulfonamides is 1. The Morgan fingerprint density at radius 2 is 1.85 bits per heavy atom. The van der Waals surface area contributed by atoms with Crippen LogP contribution in [0.15, 0.2) is 52.3 Å². The third-order valence-corrected chi connectivity index (χ3v) is 6.39. The molecule has 0 aliphatic rings. The minimum Gasteiger partial charge on any atom is -0.321 e. The van der Waals surface area contributed by atoms with E-state index >= 15 is 0 Å². The molecule has 0 aromatic heterocycles. The molecule has 2 rings (SSSR count). The molecular weight excluding hydrogens is 406 g/mol. The van der Waals surface area contributed by atoms with E-state index in [4.69, 9.17) is 11.6 Å². The number of carbonyl (C=O) groups excluding carboxylic acids is 1. The van der Waals surface area contributed by atoms with Crippen molar-refractivity contribution in [3.63, 3.8) is 0 Å². The molecule has 10 heteroatoms. The summed E-state index contributed by atoms with van der Waals surface area (Å²) < 4.78 is 50.8. The summed E-state index contributed by atoms with van der Waals surface area (Å²) >= 11 is 6.25. The Morgan fingerprint density at radius 1 is 1.19 bits per heavy atom. The molecule has 0 saturated heterocycles. The summed E-state index contributed by atoms with van der Waals surface area (Å²) in [6, 6.07) is 9.91. The van der Waals surface area contributed by atoms with E-state index in [2.05, 4.69) is 5.32 Å². The number of nitrogens with zero attached hydrogens (tertiary/aromatic N) is 1. The van der Waals surface area contributed by atoms with E-state index in [1.54, 1.807) is 12.1 Å². The summed E-state index contributed by atoms with van der Waals surface area (Å²) in [5, 5.41) is 2.49. The second-order valence-electron chi connectivity index (χ2n) is 5.26. The number of benzene rings is 2. The highest BCUT2D eigenvalue weighted by molar-refractivity contribution is 7.99. The van der Waals surface area contributed by atoms with Gasteiger partial charge < -0.3 is 5.32 Å². The molecule has 0 spiro atoms. The molecule has 0 saturated carbocycles. The molecule has 0 radical (unpaired) electrons. The zero-order chi connectivity index (χ0) is 19.5. The first kappa shape index (κ1) is 20.6. The number of thioether (sulfide) groups is 1. The third kappa shape index (κ3) is 4.73. The van der Waals surface area contributed by atoms with Crippen LogP contribution < -0.4 is 5.32 Å². The van der Waals surface area contributed by atoms with Gasteiger partial charge >= 0.3 is 0 Å². The molecule has 5 nitrogen and oxygen atoms in total. The second kappa shape index (κ2) is 8.34. The van der Waals surface area contributed by atoms with Gasteiger partial charge in [0.1, 0.15) is 4.90 Å². The number of para-hydroxylation sites is 1. The first-order chi connectivity index (χ1) is 12.1. The Labute approximate surface area is 159 Å². The zero-order valence-corrected chi connectivity index (χ0v) is 16.1. The molecule has 0 bridgehead atoms. The van der Waals surface area contributed by atoms with E-state index in [9.17, 15) is 22.0 Å². The molecule has 1 N–H and O–H groups in total. The van der Waals surface area contributed by atoms with Crippen molar-refractivity contribution >= 4 is 45.0 Å². The van der Waals surface area contributed by atoms with Crippen LogP contribution >= 0.6 is 23.4 Å². The fraction of sp³-hybridized carbons (Fsp3) is 0.188. The van der Waals surface area contributed by atoms with Gasteiger partial charge in [0.25, 0.3) is 11.7 Å². The van der Waals surface area contributed by atoms with Crippen LogP contribution in [0.5, 0.6) is 0 Å². The lowest BCUT2D eigenvalue weighted by Crippen LogP contribution is -2.23. The summed E-state index contributed by atoms with van der Waals surface area (Å²) in [6.45, 7) is 0. The first-order valence-electron chi connectivity index (χ1n) is 7.20. The van der Waals surface area contributed by atoms with Crippen molar-refractivity contribution in [2.24, 2.45) is 0 Å². The van der Waals surface area contributed by atoms with Crippen LogP contribution in [-0.2, 0) is 10.0 Å². The van der Waals surface area contributed by atoms with Gasteiger partial charge in [0.05, 0.1) is 10.7 Å². The molecule has 0 heterocycles. The number of rotatable bonds is 6. The summed E-state index contributed by atoms with van der Waals surface area (Å²) in [4.78, 5) is 12.4. The first-order valence-corrected chi connectivity index (χ1v) is 9.90. The predicted molar refractivity (Wildman–Crippen MR) is 98.6 cm³/mol. The lowest BCUT2D eigenvalue weighted by atomic mass is 10.2. The SMILES string of the molecule is CN(C)S(=O)(=O)c1cc(C(=O)Nc2ccccc2SC(F)F)ccc1Cl. The van der Waals surface area contributed by atoms with Gasteiger partial charge in [-0.25, -0.2) is 12.7 Å². The number of amides is 1. The van der Waals surface area contributed by atoms with E-state index in [1.807, 2.05) is 0 Å². The topological polar surface area (TPSA) is 66.5 Å². The van der Waals surface area contributed by atoms with E-state index in [0.29, 0.717) is 11.8 Å². The van der Waals surface area contributed by atoms with Crippen LogP contribution in [0.25, 0.3) is 0 Å². The van der Waals surface area contributed by atoms with Crippen LogP contribution in [0.2, 0.25) is 5.02 Å². The molecule has 140 valence electrons. The standard InChI is InChI=1S/C16H15ClF2N2O3S2/c1-21(2)26(23,24)14-9-10(7-8-11(14)17)15(22)20-12-5-3-4-6-13(12)25-16(18)19/h3-9,16H,1-2H3,(H,20,22). The van der Waals surface area contributed by atoms with Gasteiger partial charge in [-0.05, 0) is 30.3 Å². The summed E-state index contributed by atoms with van der Waals surface area (Å²) in [7, 11) is -1.16. The Bertz CT molecular complexity index is 921. The predicted octanol–water partition coefficient (Wildman–Crippen LogP) is 4.16. The van der Waals surface area contributed by atoms with Crippen LogP contribution in [0.4, 0.5) is 14.5 Å². The number of nitrogens with one attached hydrogen (secondary N) is 1. The van der Waals surface area contributed by atoms with Gasteiger partial charge in [-0.3, -0.25) is 4.79 Å². The highest BCUT2D eigenvalue weighted by Gasteiger charge is 2.23. The van der Waals surface area contributed by atoms with Gasteiger partial charge in [-0.1, -0.05) is 35.5 Å². The quantitative estimate of drug-likeness (QED) is 0.712. The fourth-order valence-electron chi connectivity index (χ4n) is 2.00. The minimum atomic E-state index is -3.84. The summed E-state index contributed by atoms with van der Waals surface area (Å²) in [5.41, 5.74) is 0.237. The van der Waals surface area contributed by atoms with Crippen molar-refractivity contribution in [2.75, 3.05) is 19.4 Å². The Hall–Kier alpha value is -1.68. The number of carbonyl (C=O) groups is 1. The zero-order valence-electron chi connectivity index (χ0n) is 13.7. The number of hydrogen-bond donors (Lipinski definition) is 1. The van der Waals surface area contributed by atoms with Gasteiger partial charge in [-0.2, -0.15) is 8.78 Å². The average molecular weight is 421 g/mol. The van der Waals surface area contributed by atoms with Crippen molar-refractivity contribution in [3.05, 3.63) is 53.1 Å². The lowest BCUT2D eigenvalue weighted by molar-refractivity contribution is 0.102. The highest BCUT2D eigenvalue weighted by Crippen LogP contribution is 2.32. The van der Waals surface area contributed by atoms with Crippen molar-refractivity contribution < 1.29 is 22.0 Å². The maximum absolute atomic E-state index is 12.6. The maximum Gasteiger partial charge on any atom is 0.288 e. The molecule has 2 aromatic rings. The summed E-state index contributed by atoms with van der Waals surface area (Å²) in [6.07, 6.45) is 0. The number of hydrogen-bond acceptors (Lipinski definition) is 4. The largest absolute Gasteiger partial charge is 0.321 e. The van der Waals surface area contributed by atoms with Gasteiger partial charge in [-0.15, -0.1) is 0 Å². The summed E-state index contributed by atoms with van der Waals surface area (Å²) in [5.74, 6) is -3.28. The number of halogens is 3. The van der Waals surface area contributed by atoms with Crippen molar-refractivity contribution in [3.8, 4) is 0 Å². The van der Waals surface area contributed by atoms with E-state index < -0.39 is 21.7 Å². The molecule has 2 aromatic carbocycles. The Morgan fingerprint density at radius 3 is 2.46 bits per heavy atom.